The average molecular weight is 327 g/mol. The third kappa shape index (κ3) is 6.00. The fourth-order valence-corrected chi connectivity index (χ4v) is 1.39. The van der Waals surface area contributed by atoms with Gasteiger partial charge in [0.05, 0.1) is 0 Å². The first-order valence-electron chi connectivity index (χ1n) is 5.07. The minimum atomic E-state index is -1.75. The number of carboxylic acids is 1. The number of benzene rings is 1. The Morgan fingerprint density at radius 2 is 1.79 bits per heavy atom. The Morgan fingerprint density at radius 1 is 1.21 bits per heavy atom. The Bertz CT molecular complexity index is 447. The lowest BCUT2D eigenvalue weighted by molar-refractivity contribution is -0.135. The van der Waals surface area contributed by atoms with Gasteiger partial charge in [0.25, 0.3) is 0 Å². The van der Waals surface area contributed by atoms with E-state index in [4.69, 9.17) is 44.6 Å². The summed E-state index contributed by atoms with van der Waals surface area (Å²) in [7, 11) is 0. The number of ether oxygens (including phenoxy) is 1. The maximum Gasteiger partial charge on any atom is 0.414 e. The Hall–Kier alpha value is -1.17. The van der Waals surface area contributed by atoms with Gasteiger partial charge in [-0.1, -0.05) is 53.0 Å². The number of carbonyl (C=O) groups excluding carboxylic acids is 1. The molecule has 5 nitrogen and oxygen atoms in total. The van der Waals surface area contributed by atoms with Gasteiger partial charge in [-0.2, -0.15) is 0 Å². The van der Waals surface area contributed by atoms with E-state index in [0.29, 0.717) is 5.69 Å². The van der Waals surface area contributed by atoms with Crippen molar-refractivity contribution in [2.24, 2.45) is 0 Å². The van der Waals surface area contributed by atoms with Crippen LogP contribution in [0.15, 0.2) is 30.3 Å². The highest BCUT2D eigenvalue weighted by atomic mass is 35.6. The van der Waals surface area contributed by atoms with Crippen molar-refractivity contribution in [3.05, 3.63) is 30.3 Å². The summed E-state index contributed by atoms with van der Waals surface area (Å²) in [4.78, 5) is 23.5. The summed E-state index contributed by atoms with van der Waals surface area (Å²) in [5.74, 6) is -1.19. The van der Waals surface area contributed by atoms with E-state index < -0.39 is 29.0 Å². The summed E-state index contributed by atoms with van der Waals surface area (Å²) in [6.45, 7) is -1.03. The molecule has 1 N–H and O–H groups in total. The second-order valence-corrected chi connectivity index (χ2v) is 6.00. The molecule has 1 amide bonds. The number of anilines is 1. The average Bonchev–Trinajstić information content (AvgIpc) is 2.33. The number of carboxylic acid groups (broad SMARTS) is 1. The van der Waals surface area contributed by atoms with E-state index in [9.17, 15) is 9.59 Å². The molecule has 0 aliphatic carbocycles. The van der Waals surface area contributed by atoms with E-state index in [1.807, 2.05) is 0 Å². The smallest absolute Gasteiger partial charge is 0.414 e. The second-order valence-electron chi connectivity index (χ2n) is 3.49. The van der Waals surface area contributed by atoms with Crippen LogP contribution in [0.5, 0.6) is 0 Å². The molecule has 19 heavy (non-hydrogen) atoms. The number of alkyl halides is 3. The van der Waals surface area contributed by atoms with Gasteiger partial charge in [-0.05, 0) is 12.1 Å². The van der Waals surface area contributed by atoms with E-state index in [0.717, 1.165) is 4.90 Å². The van der Waals surface area contributed by atoms with Crippen molar-refractivity contribution in [3.8, 4) is 0 Å². The van der Waals surface area contributed by atoms with Crippen molar-refractivity contribution in [1.29, 1.82) is 0 Å². The van der Waals surface area contributed by atoms with Gasteiger partial charge in [-0.25, -0.2) is 4.79 Å². The van der Waals surface area contributed by atoms with Gasteiger partial charge in [0.15, 0.2) is 0 Å². The molecule has 0 aliphatic heterocycles. The zero-order chi connectivity index (χ0) is 14.5. The van der Waals surface area contributed by atoms with Crippen molar-refractivity contribution in [2.45, 2.75) is 3.79 Å². The predicted molar refractivity (Wildman–Crippen MR) is 73.1 cm³/mol. The molecule has 0 saturated carbocycles. The quantitative estimate of drug-likeness (QED) is 0.863. The number of nitrogens with zero attached hydrogens (tertiary/aromatic N) is 1. The molecule has 1 aromatic carbocycles. The van der Waals surface area contributed by atoms with Crippen molar-refractivity contribution in [1.82, 2.24) is 0 Å². The minimum Gasteiger partial charge on any atom is -0.480 e. The standard InChI is InChI=1S/C11H10Cl3NO4/c12-11(13,14)7-19-10(18)15(6-9(16)17)8-4-2-1-3-5-8/h1-5H,6-7H2,(H,16,17). The molecular formula is C11H10Cl3NO4. The number of rotatable bonds is 4. The van der Waals surface area contributed by atoms with Crippen LogP contribution in [0.1, 0.15) is 0 Å². The van der Waals surface area contributed by atoms with Gasteiger partial charge >= 0.3 is 12.1 Å². The third-order valence-corrected chi connectivity index (χ3v) is 2.27. The highest BCUT2D eigenvalue weighted by Crippen LogP contribution is 2.26. The Balaban J connectivity index is 2.80. The van der Waals surface area contributed by atoms with E-state index in [1.165, 1.54) is 0 Å². The first-order chi connectivity index (χ1) is 8.79. The number of carbonyl (C=O) groups is 2. The lowest BCUT2D eigenvalue weighted by Crippen LogP contribution is -2.37. The van der Waals surface area contributed by atoms with Gasteiger partial charge in [-0.3, -0.25) is 9.69 Å². The van der Waals surface area contributed by atoms with Crippen LogP contribution in [-0.2, 0) is 9.53 Å². The molecule has 0 fully saturated rings. The van der Waals surface area contributed by atoms with Crippen LogP contribution in [-0.4, -0.2) is 34.1 Å². The zero-order valence-corrected chi connectivity index (χ0v) is 11.8. The van der Waals surface area contributed by atoms with Crippen LogP contribution in [0.25, 0.3) is 0 Å². The summed E-state index contributed by atoms with van der Waals surface area (Å²) in [6, 6.07) is 8.19. The number of para-hydroxylation sites is 1. The molecule has 0 bridgehead atoms. The molecule has 8 heteroatoms. The third-order valence-electron chi connectivity index (χ3n) is 1.94. The van der Waals surface area contributed by atoms with Crippen molar-refractivity contribution >= 4 is 52.6 Å². The van der Waals surface area contributed by atoms with Gasteiger partial charge in [0, 0.05) is 5.69 Å². The van der Waals surface area contributed by atoms with Crippen molar-refractivity contribution in [2.75, 3.05) is 18.1 Å². The number of amides is 1. The molecule has 0 spiro atoms. The first-order valence-corrected chi connectivity index (χ1v) is 6.21. The molecule has 0 saturated heterocycles. The molecular weight excluding hydrogens is 316 g/mol. The van der Waals surface area contributed by atoms with Crippen molar-refractivity contribution in [3.63, 3.8) is 0 Å². The van der Waals surface area contributed by atoms with E-state index in [1.54, 1.807) is 30.3 Å². The fraction of sp³-hybridized carbons (Fsp3) is 0.273. The van der Waals surface area contributed by atoms with Crippen LogP contribution >= 0.6 is 34.8 Å². The minimum absolute atomic E-state index is 0.374. The molecule has 0 aliphatic rings. The molecule has 104 valence electrons. The Labute approximate surface area is 124 Å². The molecule has 0 radical (unpaired) electrons. The normalized spacial score (nSPS) is 10.9. The maximum atomic E-state index is 11.8. The molecule has 1 aromatic rings. The lowest BCUT2D eigenvalue weighted by Gasteiger charge is -2.21. The topological polar surface area (TPSA) is 66.8 Å². The summed E-state index contributed by atoms with van der Waals surface area (Å²) in [5, 5.41) is 8.79. The summed E-state index contributed by atoms with van der Waals surface area (Å²) < 4.78 is 3.00. The van der Waals surface area contributed by atoms with Crippen LogP contribution in [0, 0.1) is 0 Å². The number of hydrogen-bond donors (Lipinski definition) is 1. The predicted octanol–water partition coefficient (Wildman–Crippen LogP) is 3.08. The van der Waals surface area contributed by atoms with Crippen LogP contribution < -0.4 is 4.90 Å². The maximum absolute atomic E-state index is 11.8. The van der Waals surface area contributed by atoms with E-state index in [2.05, 4.69) is 0 Å². The summed E-state index contributed by atoms with van der Waals surface area (Å²) in [5.41, 5.74) is 0.374. The van der Waals surface area contributed by atoms with Crippen LogP contribution in [0.4, 0.5) is 10.5 Å². The molecule has 0 aromatic heterocycles. The zero-order valence-electron chi connectivity index (χ0n) is 9.55. The van der Waals surface area contributed by atoms with Gasteiger partial charge in [0.2, 0.25) is 3.79 Å². The van der Waals surface area contributed by atoms with Crippen LogP contribution in [0.3, 0.4) is 0 Å². The molecule has 0 unspecified atom stereocenters. The Kier molecular flexibility index (Phi) is 5.72. The van der Waals surface area contributed by atoms with E-state index >= 15 is 0 Å². The summed E-state index contributed by atoms with van der Waals surface area (Å²) in [6.07, 6.45) is -0.903. The first kappa shape index (κ1) is 15.9. The monoisotopic (exact) mass is 325 g/mol. The largest absolute Gasteiger partial charge is 0.480 e. The molecule has 0 atom stereocenters. The number of aliphatic carboxylic acids is 1. The highest BCUT2D eigenvalue weighted by molar-refractivity contribution is 6.67. The molecule has 0 heterocycles. The number of hydrogen-bond acceptors (Lipinski definition) is 3. The van der Waals surface area contributed by atoms with Gasteiger partial charge in [0.1, 0.15) is 13.2 Å². The summed E-state index contributed by atoms with van der Waals surface area (Å²) >= 11 is 16.4. The van der Waals surface area contributed by atoms with Crippen molar-refractivity contribution < 1.29 is 19.4 Å². The SMILES string of the molecule is O=C(O)CN(C(=O)OCC(Cl)(Cl)Cl)c1ccccc1. The number of halogens is 3. The van der Waals surface area contributed by atoms with Crippen LogP contribution in [0.2, 0.25) is 0 Å². The van der Waals surface area contributed by atoms with Gasteiger partial charge < -0.3 is 9.84 Å². The van der Waals surface area contributed by atoms with E-state index in [-0.39, 0.29) is 0 Å². The fourth-order valence-electron chi connectivity index (χ4n) is 1.23. The molecule has 1 rings (SSSR count). The highest BCUT2D eigenvalue weighted by Gasteiger charge is 2.26. The Morgan fingerprint density at radius 3 is 2.26 bits per heavy atom. The van der Waals surface area contributed by atoms with Gasteiger partial charge in [-0.15, -0.1) is 0 Å². The second kappa shape index (κ2) is 6.84. The lowest BCUT2D eigenvalue weighted by atomic mass is 10.3.